The van der Waals surface area contributed by atoms with Crippen LogP contribution in [0.5, 0.6) is 0 Å². The van der Waals surface area contributed by atoms with Crippen molar-refractivity contribution in [1.82, 2.24) is 19.7 Å². The van der Waals surface area contributed by atoms with E-state index < -0.39 is 0 Å². The maximum Gasteiger partial charge on any atom is 0.157 e. The Morgan fingerprint density at radius 2 is 2.20 bits per heavy atom. The van der Waals surface area contributed by atoms with Gasteiger partial charge in [0.2, 0.25) is 0 Å². The van der Waals surface area contributed by atoms with Gasteiger partial charge in [0.1, 0.15) is 5.82 Å². The Kier molecular flexibility index (Phi) is 2.81. The quantitative estimate of drug-likeness (QED) is 0.838. The molecule has 0 saturated carbocycles. The van der Waals surface area contributed by atoms with Gasteiger partial charge in [-0.2, -0.15) is 5.10 Å². The Balaban J connectivity index is 2.48. The Labute approximate surface area is 96.5 Å². The molecule has 0 spiro atoms. The summed E-state index contributed by atoms with van der Waals surface area (Å²) in [7, 11) is 0. The van der Waals surface area contributed by atoms with E-state index in [0.717, 1.165) is 28.2 Å². The normalized spacial score (nSPS) is 10.6. The Morgan fingerprint density at radius 1 is 1.40 bits per heavy atom. The van der Waals surface area contributed by atoms with Gasteiger partial charge in [0.15, 0.2) is 5.82 Å². The summed E-state index contributed by atoms with van der Waals surface area (Å²) in [4.78, 5) is 8.65. The molecule has 5 heteroatoms. The van der Waals surface area contributed by atoms with E-state index in [4.69, 9.17) is 0 Å². The van der Waals surface area contributed by atoms with Gasteiger partial charge in [-0.05, 0) is 29.3 Å². The van der Waals surface area contributed by atoms with Gasteiger partial charge in [-0.3, -0.25) is 0 Å². The van der Waals surface area contributed by atoms with E-state index in [1.165, 1.54) is 0 Å². The first-order valence-electron chi connectivity index (χ1n) is 4.74. The van der Waals surface area contributed by atoms with Crippen molar-refractivity contribution in [2.75, 3.05) is 0 Å². The van der Waals surface area contributed by atoms with Crippen LogP contribution in [0.1, 0.15) is 18.4 Å². The smallest absolute Gasteiger partial charge is 0.157 e. The van der Waals surface area contributed by atoms with Gasteiger partial charge < -0.3 is 0 Å². The number of halogens is 1. The highest BCUT2D eigenvalue weighted by Gasteiger charge is 2.03. The van der Waals surface area contributed by atoms with Crippen LogP contribution < -0.4 is 0 Å². The van der Waals surface area contributed by atoms with E-state index in [9.17, 15) is 0 Å². The predicted molar refractivity (Wildman–Crippen MR) is 61.0 cm³/mol. The summed E-state index contributed by atoms with van der Waals surface area (Å²) in [6, 6.07) is 1.95. The largest absolute Gasteiger partial charge is 0.238 e. The second-order valence-electron chi connectivity index (χ2n) is 3.22. The summed E-state index contributed by atoms with van der Waals surface area (Å²) >= 11 is 3.36. The van der Waals surface area contributed by atoms with Gasteiger partial charge in [-0.25, -0.2) is 14.6 Å². The Bertz CT molecular complexity index is 478. The second kappa shape index (κ2) is 4.10. The molecule has 0 aromatic carbocycles. The fourth-order valence-electron chi connectivity index (χ4n) is 1.34. The molecule has 0 aliphatic heterocycles. The lowest BCUT2D eigenvalue weighted by atomic mass is 10.3. The first-order chi connectivity index (χ1) is 7.19. The van der Waals surface area contributed by atoms with Crippen LogP contribution in [0, 0.1) is 6.92 Å². The first-order valence-corrected chi connectivity index (χ1v) is 5.53. The summed E-state index contributed by atoms with van der Waals surface area (Å²) in [6.07, 6.45) is 4.52. The maximum atomic E-state index is 4.33. The minimum Gasteiger partial charge on any atom is -0.238 e. The SMILES string of the molecule is CCc1cc(-n2cc(Br)cn2)nc(C)n1. The zero-order valence-corrected chi connectivity index (χ0v) is 10.2. The fraction of sp³-hybridized carbons (Fsp3) is 0.300. The van der Waals surface area contributed by atoms with Crippen molar-refractivity contribution in [2.45, 2.75) is 20.3 Å². The molecule has 2 aromatic rings. The summed E-state index contributed by atoms with van der Waals surface area (Å²) in [5.41, 5.74) is 1.03. The van der Waals surface area contributed by atoms with Crippen LogP contribution in [0.2, 0.25) is 0 Å². The van der Waals surface area contributed by atoms with Gasteiger partial charge in [0.05, 0.1) is 10.7 Å². The molecular weight excluding hydrogens is 256 g/mol. The molecule has 0 aliphatic carbocycles. The Hall–Kier alpha value is -1.23. The molecule has 2 aromatic heterocycles. The third kappa shape index (κ3) is 2.23. The van der Waals surface area contributed by atoms with E-state index in [-0.39, 0.29) is 0 Å². The van der Waals surface area contributed by atoms with Gasteiger partial charge >= 0.3 is 0 Å². The lowest BCUT2D eigenvalue weighted by molar-refractivity contribution is 0.814. The molecule has 4 nitrogen and oxygen atoms in total. The highest BCUT2D eigenvalue weighted by Crippen LogP contribution is 2.11. The van der Waals surface area contributed by atoms with Crippen molar-refractivity contribution in [3.8, 4) is 5.82 Å². The molecule has 15 heavy (non-hydrogen) atoms. The maximum absolute atomic E-state index is 4.33. The zero-order valence-electron chi connectivity index (χ0n) is 8.61. The predicted octanol–water partition coefficient (Wildman–Crippen LogP) is 2.30. The van der Waals surface area contributed by atoms with Crippen molar-refractivity contribution < 1.29 is 0 Å². The van der Waals surface area contributed by atoms with Crippen LogP contribution in [0.15, 0.2) is 22.9 Å². The molecule has 0 saturated heterocycles. The third-order valence-electron chi connectivity index (χ3n) is 2.03. The number of aryl methyl sites for hydroxylation is 2. The van der Waals surface area contributed by atoms with Crippen LogP contribution in [-0.2, 0) is 6.42 Å². The Morgan fingerprint density at radius 3 is 2.80 bits per heavy atom. The van der Waals surface area contributed by atoms with Crippen molar-refractivity contribution in [2.24, 2.45) is 0 Å². The molecular formula is C10H11BrN4. The molecule has 0 aliphatic rings. The van der Waals surface area contributed by atoms with E-state index in [1.807, 2.05) is 19.2 Å². The number of rotatable bonds is 2. The molecule has 2 rings (SSSR count). The molecule has 0 atom stereocenters. The summed E-state index contributed by atoms with van der Waals surface area (Å²) in [6.45, 7) is 3.96. The zero-order chi connectivity index (χ0) is 10.8. The molecule has 0 radical (unpaired) electrons. The number of hydrogen-bond donors (Lipinski definition) is 0. The highest BCUT2D eigenvalue weighted by atomic mass is 79.9. The second-order valence-corrected chi connectivity index (χ2v) is 4.14. The monoisotopic (exact) mass is 266 g/mol. The van der Waals surface area contributed by atoms with E-state index in [1.54, 1.807) is 10.9 Å². The standard InChI is InChI=1S/C10H11BrN4/c1-3-9-4-10(14-7(2)13-9)15-6-8(11)5-12-15/h4-6H,3H2,1-2H3. The third-order valence-corrected chi connectivity index (χ3v) is 2.44. The van der Waals surface area contributed by atoms with Crippen LogP contribution in [0.4, 0.5) is 0 Å². The average Bonchev–Trinajstić information content (AvgIpc) is 2.64. The van der Waals surface area contributed by atoms with Crippen LogP contribution in [0.25, 0.3) is 5.82 Å². The summed E-state index contributed by atoms with van der Waals surface area (Å²) in [5, 5.41) is 4.18. The van der Waals surface area contributed by atoms with Gasteiger partial charge in [-0.1, -0.05) is 6.92 Å². The summed E-state index contributed by atoms with van der Waals surface area (Å²) < 4.78 is 2.68. The number of aromatic nitrogens is 4. The minimum atomic E-state index is 0.774. The lowest BCUT2D eigenvalue weighted by Gasteiger charge is -2.03. The minimum absolute atomic E-state index is 0.774. The summed E-state index contributed by atoms with van der Waals surface area (Å²) in [5.74, 6) is 1.58. The van der Waals surface area contributed by atoms with E-state index in [0.29, 0.717) is 0 Å². The molecule has 0 fully saturated rings. The van der Waals surface area contributed by atoms with Crippen LogP contribution in [0.3, 0.4) is 0 Å². The molecule has 0 amide bonds. The average molecular weight is 267 g/mol. The van der Waals surface area contributed by atoms with E-state index in [2.05, 4.69) is 37.9 Å². The van der Waals surface area contributed by atoms with Gasteiger partial charge in [0.25, 0.3) is 0 Å². The van der Waals surface area contributed by atoms with Crippen LogP contribution >= 0.6 is 15.9 Å². The van der Waals surface area contributed by atoms with Crippen molar-refractivity contribution in [1.29, 1.82) is 0 Å². The number of nitrogens with zero attached hydrogens (tertiary/aromatic N) is 4. The number of hydrogen-bond acceptors (Lipinski definition) is 3. The first kappa shape index (κ1) is 10.3. The van der Waals surface area contributed by atoms with Crippen molar-refractivity contribution >= 4 is 15.9 Å². The fourth-order valence-corrected chi connectivity index (χ4v) is 1.62. The molecule has 0 bridgehead atoms. The van der Waals surface area contributed by atoms with Crippen molar-refractivity contribution in [3.05, 3.63) is 34.5 Å². The van der Waals surface area contributed by atoms with Gasteiger partial charge in [-0.15, -0.1) is 0 Å². The molecule has 0 N–H and O–H groups in total. The van der Waals surface area contributed by atoms with Gasteiger partial charge in [0, 0.05) is 18.0 Å². The molecule has 2 heterocycles. The van der Waals surface area contributed by atoms with Crippen LogP contribution in [-0.4, -0.2) is 19.7 Å². The molecule has 0 unspecified atom stereocenters. The topological polar surface area (TPSA) is 43.6 Å². The molecule has 78 valence electrons. The highest BCUT2D eigenvalue weighted by molar-refractivity contribution is 9.10. The lowest BCUT2D eigenvalue weighted by Crippen LogP contribution is -2.03. The van der Waals surface area contributed by atoms with Crippen molar-refractivity contribution in [3.63, 3.8) is 0 Å². The van der Waals surface area contributed by atoms with E-state index >= 15 is 0 Å².